The van der Waals surface area contributed by atoms with Crippen molar-refractivity contribution < 1.29 is 19.1 Å². The lowest BCUT2D eigenvalue weighted by Crippen LogP contribution is -2.33. The van der Waals surface area contributed by atoms with E-state index in [0.29, 0.717) is 17.4 Å². The molecule has 0 aromatic heterocycles. The maximum atomic E-state index is 11.4. The SMILES string of the molecule is COc1cc2c(cc1OC)[C@H]1CCCC[C@H]1N=C2c1cccc(C(C)=NNC(=O)C(N)=O)c1. The molecule has 2 aromatic carbocycles. The minimum Gasteiger partial charge on any atom is -0.493 e. The van der Waals surface area contributed by atoms with Crippen LogP contribution in [-0.2, 0) is 9.59 Å². The molecule has 1 fully saturated rings. The van der Waals surface area contributed by atoms with Gasteiger partial charge in [0.2, 0.25) is 0 Å². The Labute approximate surface area is 192 Å². The van der Waals surface area contributed by atoms with Gasteiger partial charge >= 0.3 is 11.8 Å². The Bertz CT molecular complexity index is 1160. The van der Waals surface area contributed by atoms with Crippen LogP contribution in [-0.4, -0.2) is 43.5 Å². The van der Waals surface area contributed by atoms with Crippen LogP contribution in [0.1, 0.15) is 60.8 Å². The van der Waals surface area contributed by atoms with Gasteiger partial charge in [-0.3, -0.25) is 14.6 Å². The molecule has 8 heteroatoms. The number of fused-ring (bicyclic) bond motifs is 3. The molecule has 0 unspecified atom stereocenters. The van der Waals surface area contributed by atoms with Crippen LogP contribution in [0.2, 0.25) is 0 Å². The summed E-state index contributed by atoms with van der Waals surface area (Å²) >= 11 is 0. The van der Waals surface area contributed by atoms with Gasteiger partial charge in [-0.15, -0.1) is 0 Å². The normalized spacial score (nSPS) is 19.6. The largest absolute Gasteiger partial charge is 0.493 e. The fourth-order valence-electron chi connectivity index (χ4n) is 4.65. The third-order valence-corrected chi connectivity index (χ3v) is 6.34. The Morgan fingerprint density at radius 1 is 1.09 bits per heavy atom. The van der Waals surface area contributed by atoms with Gasteiger partial charge in [0.1, 0.15) is 0 Å². The van der Waals surface area contributed by atoms with E-state index in [-0.39, 0.29) is 6.04 Å². The number of amides is 2. The van der Waals surface area contributed by atoms with Gasteiger partial charge in [0, 0.05) is 17.0 Å². The minimum atomic E-state index is -1.08. The summed E-state index contributed by atoms with van der Waals surface area (Å²) in [5, 5.41) is 4.00. The molecule has 8 nitrogen and oxygen atoms in total. The van der Waals surface area contributed by atoms with Crippen molar-refractivity contribution in [2.45, 2.75) is 44.6 Å². The summed E-state index contributed by atoms with van der Waals surface area (Å²) in [6.45, 7) is 1.75. The predicted octanol–water partition coefficient (Wildman–Crippen LogP) is 2.91. The first-order valence-corrected chi connectivity index (χ1v) is 11.0. The van der Waals surface area contributed by atoms with Crippen LogP contribution < -0.4 is 20.6 Å². The van der Waals surface area contributed by atoms with Gasteiger partial charge in [-0.2, -0.15) is 5.10 Å². The predicted molar refractivity (Wildman–Crippen MR) is 126 cm³/mol. The second-order valence-corrected chi connectivity index (χ2v) is 8.31. The summed E-state index contributed by atoms with van der Waals surface area (Å²) in [6.07, 6.45) is 4.53. The van der Waals surface area contributed by atoms with Crippen LogP contribution in [0.25, 0.3) is 0 Å². The zero-order chi connectivity index (χ0) is 23.5. The number of carbonyl (C=O) groups excluding carboxylic acids is 2. The maximum Gasteiger partial charge on any atom is 0.329 e. The number of ether oxygens (including phenoxy) is 2. The lowest BCUT2D eigenvalue weighted by molar-refractivity contribution is -0.137. The summed E-state index contributed by atoms with van der Waals surface area (Å²) in [5.41, 5.74) is 12.6. The molecular weight excluding hydrogens is 420 g/mol. The quantitative estimate of drug-likeness (QED) is 0.416. The van der Waals surface area contributed by atoms with Crippen molar-refractivity contribution in [1.29, 1.82) is 0 Å². The lowest BCUT2D eigenvalue weighted by atomic mass is 9.75. The molecule has 2 aromatic rings. The summed E-state index contributed by atoms with van der Waals surface area (Å²) < 4.78 is 11.2. The number of aliphatic imine (C=N–C) groups is 1. The molecule has 1 aliphatic heterocycles. The molecule has 4 rings (SSSR count). The van der Waals surface area contributed by atoms with Crippen LogP contribution in [0.3, 0.4) is 0 Å². The first-order valence-electron chi connectivity index (χ1n) is 11.0. The van der Waals surface area contributed by atoms with Gasteiger partial charge in [-0.25, -0.2) is 5.43 Å². The molecule has 1 heterocycles. The van der Waals surface area contributed by atoms with Crippen molar-refractivity contribution in [2.24, 2.45) is 15.8 Å². The molecule has 0 saturated heterocycles. The average molecular weight is 449 g/mol. The molecule has 2 amide bonds. The molecule has 1 saturated carbocycles. The number of hydrogen-bond acceptors (Lipinski definition) is 6. The van der Waals surface area contributed by atoms with Crippen LogP contribution in [0.4, 0.5) is 0 Å². The first kappa shape index (κ1) is 22.5. The van der Waals surface area contributed by atoms with Crippen molar-refractivity contribution in [3.63, 3.8) is 0 Å². The number of hydrogen-bond donors (Lipinski definition) is 2. The van der Waals surface area contributed by atoms with Gasteiger partial charge in [-0.05, 0) is 49.1 Å². The molecule has 1 aliphatic carbocycles. The van der Waals surface area contributed by atoms with E-state index in [2.05, 4.69) is 16.6 Å². The van der Waals surface area contributed by atoms with E-state index in [9.17, 15) is 9.59 Å². The third kappa shape index (κ3) is 4.46. The van der Waals surface area contributed by atoms with Crippen molar-refractivity contribution in [3.05, 3.63) is 58.7 Å². The highest BCUT2D eigenvalue weighted by molar-refractivity contribution is 6.34. The third-order valence-electron chi connectivity index (χ3n) is 6.34. The smallest absolute Gasteiger partial charge is 0.329 e. The number of nitrogens with two attached hydrogens (primary N) is 1. The molecule has 0 spiro atoms. The molecule has 172 valence electrons. The van der Waals surface area contributed by atoms with Crippen LogP contribution in [0.5, 0.6) is 11.5 Å². The fraction of sp³-hybridized carbons (Fsp3) is 0.360. The highest BCUT2D eigenvalue weighted by Gasteiger charge is 2.34. The number of primary amides is 1. The summed E-state index contributed by atoms with van der Waals surface area (Å²) in [5.74, 6) is -0.279. The van der Waals surface area contributed by atoms with E-state index in [1.807, 2.05) is 30.3 Å². The molecule has 33 heavy (non-hydrogen) atoms. The molecule has 2 aliphatic rings. The molecule has 2 atom stereocenters. The van der Waals surface area contributed by atoms with E-state index >= 15 is 0 Å². The zero-order valence-electron chi connectivity index (χ0n) is 19.1. The highest BCUT2D eigenvalue weighted by atomic mass is 16.5. The Hall–Kier alpha value is -3.68. The summed E-state index contributed by atoms with van der Waals surface area (Å²) in [6, 6.07) is 12.2. The van der Waals surface area contributed by atoms with Crippen LogP contribution in [0, 0.1) is 0 Å². The van der Waals surface area contributed by atoms with E-state index in [1.54, 1.807) is 21.1 Å². The number of carbonyl (C=O) groups is 2. The summed E-state index contributed by atoms with van der Waals surface area (Å²) in [4.78, 5) is 27.6. The van der Waals surface area contributed by atoms with Gasteiger partial charge in [0.25, 0.3) is 0 Å². The van der Waals surface area contributed by atoms with E-state index in [0.717, 1.165) is 41.0 Å². The summed E-state index contributed by atoms with van der Waals surface area (Å²) in [7, 11) is 3.29. The molecule has 0 radical (unpaired) electrons. The minimum absolute atomic E-state index is 0.229. The van der Waals surface area contributed by atoms with Gasteiger partial charge in [-0.1, -0.05) is 31.0 Å². The van der Waals surface area contributed by atoms with Gasteiger partial charge < -0.3 is 15.2 Å². The maximum absolute atomic E-state index is 11.4. The monoisotopic (exact) mass is 448 g/mol. The van der Waals surface area contributed by atoms with Crippen molar-refractivity contribution in [2.75, 3.05) is 14.2 Å². The van der Waals surface area contributed by atoms with E-state index in [1.165, 1.54) is 18.4 Å². The topological polar surface area (TPSA) is 115 Å². The standard InChI is InChI=1S/C25H28N4O4/c1-14(28-29-25(31)24(26)30)15-7-6-8-16(11-15)23-19-13-22(33-3)21(32-2)12-18(19)17-9-4-5-10-20(17)27-23/h6-8,11-13,17,20H,4-5,9-10H2,1-3H3,(H2,26,30)(H,29,31)/t17-,20-/m1/s1. The van der Waals surface area contributed by atoms with Crippen molar-refractivity contribution in [3.8, 4) is 11.5 Å². The number of rotatable bonds is 5. The Morgan fingerprint density at radius 3 is 2.55 bits per heavy atom. The average Bonchev–Trinajstić information content (AvgIpc) is 2.85. The van der Waals surface area contributed by atoms with Gasteiger partial charge in [0.05, 0.1) is 31.7 Å². The van der Waals surface area contributed by atoms with E-state index < -0.39 is 11.8 Å². The Balaban J connectivity index is 1.77. The lowest BCUT2D eigenvalue weighted by Gasteiger charge is -2.35. The fourth-order valence-corrected chi connectivity index (χ4v) is 4.65. The second kappa shape index (κ2) is 9.44. The Kier molecular flexibility index (Phi) is 6.44. The molecule has 3 N–H and O–H groups in total. The molecular formula is C25H28N4O4. The van der Waals surface area contributed by atoms with E-state index in [4.69, 9.17) is 20.2 Å². The van der Waals surface area contributed by atoms with Crippen LogP contribution in [0.15, 0.2) is 46.5 Å². The van der Waals surface area contributed by atoms with Crippen molar-refractivity contribution >= 4 is 23.2 Å². The number of hydrazone groups is 1. The molecule has 0 bridgehead atoms. The number of methoxy groups -OCH3 is 2. The first-order chi connectivity index (χ1) is 15.9. The van der Waals surface area contributed by atoms with Gasteiger partial charge in [0.15, 0.2) is 11.5 Å². The number of benzene rings is 2. The second-order valence-electron chi connectivity index (χ2n) is 8.31. The zero-order valence-corrected chi connectivity index (χ0v) is 19.1. The number of nitrogens with zero attached hydrogens (tertiary/aromatic N) is 2. The van der Waals surface area contributed by atoms with Crippen LogP contribution >= 0.6 is 0 Å². The van der Waals surface area contributed by atoms with Crippen molar-refractivity contribution in [1.82, 2.24) is 5.43 Å². The highest BCUT2D eigenvalue weighted by Crippen LogP contribution is 2.44. The number of nitrogens with one attached hydrogen (secondary N) is 1. The Morgan fingerprint density at radius 2 is 1.82 bits per heavy atom.